The summed E-state index contributed by atoms with van der Waals surface area (Å²) in [5.74, 6) is 4.86. The van der Waals surface area contributed by atoms with E-state index in [1.165, 1.54) is 6.92 Å². The fraction of sp³-hybridized carbons (Fsp3) is 0.500. The van der Waals surface area contributed by atoms with Crippen molar-refractivity contribution < 1.29 is 14.1 Å². The molecule has 7 nitrogen and oxygen atoms in total. The maximum Gasteiger partial charge on any atom is 0.331 e. The number of urea groups is 1. The van der Waals surface area contributed by atoms with Crippen molar-refractivity contribution in [1.29, 1.82) is 0 Å². The monoisotopic (exact) mass is 177 g/mol. The molecule has 0 saturated carbocycles. The molecule has 12 heavy (non-hydrogen) atoms. The molecule has 0 bridgehead atoms. The number of nitrogens with two attached hydrogens (primary N) is 1. The number of hydrazine groups is 1. The van der Waals surface area contributed by atoms with Crippen molar-refractivity contribution in [1.82, 2.24) is 16.0 Å². The highest BCUT2D eigenvalue weighted by Gasteiger charge is 2.27. The number of aliphatic imine (C=N–C) groups is 1. The molecule has 8 heteroatoms. The summed E-state index contributed by atoms with van der Waals surface area (Å²) in [5, 5.41) is 1.98. The second-order valence-corrected chi connectivity index (χ2v) is 2.00. The average molecular weight is 177 g/mol. The highest BCUT2D eigenvalue weighted by atomic mass is 19.2. The molecule has 0 aliphatic carbocycles. The predicted molar refractivity (Wildman–Crippen MR) is 36.8 cm³/mol. The highest BCUT2D eigenvalue weighted by Crippen LogP contribution is 2.09. The molecule has 68 valence electrons. The standard InChI is InChI=1S/C4H8FN5O2/c1-2-7-3(10(5)12-2)8-4(11)9-6/h3H,6H2,1H3,(H2,8,9,11). The molecule has 1 atom stereocenters. The number of amides is 2. The van der Waals surface area contributed by atoms with E-state index < -0.39 is 12.3 Å². The number of carbonyl (C=O) groups excluding carboxylic acids is 1. The lowest BCUT2D eigenvalue weighted by atomic mass is 10.7. The van der Waals surface area contributed by atoms with Gasteiger partial charge in [0.1, 0.15) is 0 Å². The first-order chi connectivity index (χ1) is 5.63. The number of nitrogens with zero attached hydrogens (tertiary/aromatic N) is 2. The molecule has 0 fully saturated rings. The molecule has 0 aromatic carbocycles. The van der Waals surface area contributed by atoms with Gasteiger partial charge in [0.05, 0.1) is 5.29 Å². The number of rotatable bonds is 1. The second-order valence-electron chi connectivity index (χ2n) is 2.00. The van der Waals surface area contributed by atoms with Crippen LogP contribution in [-0.2, 0) is 4.84 Å². The van der Waals surface area contributed by atoms with Gasteiger partial charge in [-0.25, -0.2) is 15.6 Å². The first-order valence-corrected chi connectivity index (χ1v) is 3.08. The van der Waals surface area contributed by atoms with E-state index in [1.54, 1.807) is 5.43 Å². The Labute approximate surface area is 67.2 Å². The average Bonchev–Trinajstić information content (AvgIpc) is 2.30. The summed E-state index contributed by atoms with van der Waals surface area (Å²) >= 11 is 0. The van der Waals surface area contributed by atoms with Crippen LogP contribution in [0.15, 0.2) is 4.99 Å². The molecule has 0 saturated heterocycles. The normalized spacial score (nSPS) is 22.9. The Morgan fingerprint density at radius 2 is 2.58 bits per heavy atom. The van der Waals surface area contributed by atoms with E-state index in [4.69, 9.17) is 5.84 Å². The topological polar surface area (TPSA) is 92.0 Å². The molecule has 4 N–H and O–H groups in total. The summed E-state index contributed by atoms with van der Waals surface area (Å²) in [7, 11) is 0. The van der Waals surface area contributed by atoms with E-state index in [9.17, 15) is 9.28 Å². The van der Waals surface area contributed by atoms with Crippen LogP contribution in [0.4, 0.5) is 9.28 Å². The molecule has 2 amide bonds. The van der Waals surface area contributed by atoms with Gasteiger partial charge in [0, 0.05) is 6.92 Å². The van der Waals surface area contributed by atoms with Gasteiger partial charge in [-0.2, -0.15) is 0 Å². The zero-order chi connectivity index (χ0) is 9.14. The van der Waals surface area contributed by atoms with Crippen molar-refractivity contribution in [2.24, 2.45) is 10.8 Å². The van der Waals surface area contributed by atoms with E-state index in [0.717, 1.165) is 0 Å². The number of nitrogens with one attached hydrogen (secondary N) is 2. The number of carbonyl (C=O) groups is 1. The molecule has 0 radical (unpaired) electrons. The smallest absolute Gasteiger partial charge is 0.331 e. The van der Waals surface area contributed by atoms with E-state index in [-0.39, 0.29) is 11.2 Å². The van der Waals surface area contributed by atoms with Gasteiger partial charge in [0.2, 0.25) is 12.2 Å². The summed E-state index contributed by atoms with van der Waals surface area (Å²) in [4.78, 5) is 18.5. The molecule has 0 aromatic rings. The van der Waals surface area contributed by atoms with Gasteiger partial charge < -0.3 is 4.84 Å². The van der Waals surface area contributed by atoms with Gasteiger partial charge in [-0.3, -0.25) is 10.7 Å². The van der Waals surface area contributed by atoms with Crippen LogP contribution in [0.1, 0.15) is 6.92 Å². The van der Waals surface area contributed by atoms with E-state index >= 15 is 0 Å². The molecule has 0 aromatic heterocycles. The summed E-state index contributed by atoms with van der Waals surface area (Å²) < 4.78 is 12.5. The quantitative estimate of drug-likeness (QED) is 0.207. The third-order valence-corrected chi connectivity index (χ3v) is 1.11. The van der Waals surface area contributed by atoms with Gasteiger partial charge in [-0.05, 0) is 0 Å². The van der Waals surface area contributed by atoms with Crippen molar-refractivity contribution in [3.05, 3.63) is 0 Å². The van der Waals surface area contributed by atoms with Crippen LogP contribution in [0.3, 0.4) is 0 Å². The Morgan fingerprint density at radius 3 is 3.00 bits per heavy atom. The first kappa shape index (κ1) is 8.68. The van der Waals surface area contributed by atoms with Crippen LogP contribution >= 0.6 is 0 Å². The molecule has 1 rings (SSSR count). The van der Waals surface area contributed by atoms with Gasteiger partial charge >= 0.3 is 6.03 Å². The molecule has 1 aliphatic heterocycles. The van der Waals surface area contributed by atoms with E-state index in [2.05, 4.69) is 15.1 Å². The Balaban J connectivity index is 2.47. The molecule has 1 heterocycles. The summed E-state index contributed by atoms with van der Waals surface area (Å²) in [6.07, 6.45) is -1.17. The van der Waals surface area contributed by atoms with Crippen LogP contribution in [0.25, 0.3) is 0 Å². The Hall–Kier alpha value is -1.41. The SMILES string of the molecule is CC1=NC(NC(=O)NN)N(F)O1. The third-order valence-electron chi connectivity index (χ3n) is 1.11. The molecular weight excluding hydrogens is 169 g/mol. The van der Waals surface area contributed by atoms with Crippen molar-refractivity contribution >= 4 is 11.9 Å². The van der Waals surface area contributed by atoms with Crippen LogP contribution in [0.2, 0.25) is 0 Å². The highest BCUT2D eigenvalue weighted by molar-refractivity contribution is 5.76. The Kier molecular flexibility index (Phi) is 2.41. The van der Waals surface area contributed by atoms with E-state index in [1.807, 2.05) is 0 Å². The lowest BCUT2D eigenvalue weighted by Gasteiger charge is -2.11. The summed E-state index contributed by atoms with van der Waals surface area (Å²) in [6.45, 7) is 1.45. The first-order valence-electron chi connectivity index (χ1n) is 3.08. The largest absolute Gasteiger partial charge is 0.357 e. The van der Waals surface area contributed by atoms with Gasteiger partial charge in [-0.15, -0.1) is 0 Å². The minimum absolute atomic E-state index is 0.0927. The van der Waals surface area contributed by atoms with Crippen LogP contribution < -0.4 is 16.6 Å². The number of hydrogen-bond acceptors (Lipinski definition) is 5. The van der Waals surface area contributed by atoms with Gasteiger partial charge in [0.15, 0.2) is 0 Å². The second kappa shape index (κ2) is 3.32. The van der Waals surface area contributed by atoms with Crippen molar-refractivity contribution in [2.75, 3.05) is 0 Å². The van der Waals surface area contributed by atoms with Crippen LogP contribution in [-0.4, -0.2) is 23.5 Å². The van der Waals surface area contributed by atoms with Gasteiger partial charge in [-0.1, -0.05) is 4.48 Å². The van der Waals surface area contributed by atoms with E-state index in [0.29, 0.717) is 0 Å². The van der Waals surface area contributed by atoms with Crippen molar-refractivity contribution in [3.63, 3.8) is 0 Å². The predicted octanol–water partition coefficient (Wildman–Crippen LogP) is -1.01. The maximum atomic E-state index is 12.5. The minimum Gasteiger partial charge on any atom is -0.357 e. The fourth-order valence-electron chi connectivity index (χ4n) is 0.659. The lowest BCUT2D eigenvalue weighted by molar-refractivity contribution is -0.234. The lowest BCUT2D eigenvalue weighted by Crippen LogP contribution is -2.47. The Bertz CT molecular complexity index is 219. The van der Waals surface area contributed by atoms with Gasteiger partial charge in [0.25, 0.3) is 0 Å². The number of hydroxylamine groups is 1. The minimum atomic E-state index is -1.17. The molecular formula is C4H8FN5O2. The zero-order valence-electron chi connectivity index (χ0n) is 6.24. The molecule has 0 spiro atoms. The molecule has 1 unspecified atom stereocenters. The zero-order valence-corrected chi connectivity index (χ0v) is 6.24. The van der Waals surface area contributed by atoms with Crippen molar-refractivity contribution in [2.45, 2.75) is 13.2 Å². The van der Waals surface area contributed by atoms with Crippen LogP contribution in [0.5, 0.6) is 0 Å². The maximum absolute atomic E-state index is 12.5. The third kappa shape index (κ3) is 1.80. The number of hydrogen-bond donors (Lipinski definition) is 3. The number of halogens is 1. The Morgan fingerprint density at radius 1 is 1.92 bits per heavy atom. The molecule has 1 aliphatic rings. The van der Waals surface area contributed by atoms with Crippen molar-refractivity contribution in [3.8, 4) is 0 Å². The summed E-state index contributed by atoms with van der Waals surface area (Å²) in [6, 6.07) is -0.746. The van der Waals surface area contributed by atoms with Crippen LogP contribution in [0, 0.1) is 0 Å². The summed E-state index contributed by atoms with van der Waals surface area (Å²) in [5.41, 5.74) is 1.76. The fourth-order valence-corrected chi connectivity index (χ4v) is 0.659.